The van der Waals surface area contributed by atoms with E-state index in [4.69, 9.17) is 0 Å². The predicted molar refractivity (Wildman–Crippen MR) is 76.9 cm³/mol. The highest BCUT2D eigenvalue weighted by atomic mass is 15.1. The first-order chi connectivity index (χ1) is 9.13. The summed E-state index contributed by atoms with van der Waals surface area (Å²) >= 11 is 0. The van der Waals surface area contributed by atoms with Crippen molar-refractivity contribution in [1.29, 1.82) is 5.26 Å². The van der Waals surface area contributed by atoms with E-state index in [1.807, 2.05) is 24.3 Å². The molecule has 0 bridgehead atoms. The Hall–Kier alpha value is -2.15. The summed E-state index contributed by atoms with van der Waals surface area (Å²) in [4.78, 5) is 0. The van der Waals surface area contributed by atoms with E-state index in [1.54, 1.807) is 0 Å². The number of fused-ring (bicyclic) bond motifs is 1. The highest BCUT2D eigenvalue weighted by molar-refractivity contribution is 5.93. The molecule has 0 amide bonds. The number of aromatic nitrogens is 2. The largest absolute Gasteiger partial charge is 0.377 e. The van der Waals surface area contributed by atoms with Crippen LogP contribution in [0.25, 0.3) is 10.9 Å². The van der Waals surface area contributed by atoms with Gasteiger partial charge in [0.15, 0.2) is 5.69 Å². The number of nitrogens with one attached hydrogen (secondary N) is 1. The molecule has 0 aliphatic carbocycles. The zero-order valence-electron chi connectivity index (χ0n) is 11.6. The Morgan fingerprint density at radius 3 is 2.53 bits per heavy atom. The van der Waals surface area contributed by atoms with Crippen LogP contribution in [0.5, 0.6) is 0 Å². The highest BCUT2D eigenvalue weighted by Crippen LogP contribution is 2.29. The second kappa shape index (κ2) is 5.23. The van der Waals surface area contributed by atoms with Crippen LogP contribution in [-0.2, 0) is 0 Å². The molecule has 1 N–H and O–H groups in total. The third kappa shape index (κ3) is 2.50. The fourth-order valence-electron chi connectivity index (χ4n) is 1.99. The van der Waals surface area contributed by atoms with Crippen molar-refractivity contribution in [3.8, 4) is 6.07 Å². The van der Waals surface area contributed by atoms with Crippen LogP contribution >= 0.6 is 0 Å². The topological polar surface area (TPSA) is 61.6 Å². The molecule has 0 aliphatic rings. The summed E-state index contributed by atoms with van der Waals surface area (Å²) in [6.07, 6.45) is 1.95. The van der Waals surface area contributed by atoms with Crippen molar-refractivity contribution in [3.63, 3.8) is 0 Å². The van der Waals surface area contributed by atoms with E-state index in [1.165, 1.54) is 0 Å². The van der Waals surface area contributed by atoms with E-state index in [9.17, 15) is 5.26 Å². The maximum atomic E-state index is 9.23. The van der Waals surface area contributed by atoms with Crippen molar-refractivity contribution in [2.24, 2.45) is 0 Å². The summed E-state index contributed by atoms with van der Waals surface area (Å²) in [6.45, 7) is 6.43. The summed E-state index contributed by atoms with van der Waals surface area (Å²) in [6, 6.07) is 9.87. The number of nitriles is 1. The zero-order valence-corrected chi connectivity index (χ0v) is 11.6. The van der Waals surface area contributed by atoms with Crippen LogP contribution in [0.15, 0.2) is 24.3 Å². The van der Waals surface area contributed by atoms with Gasteiger partial charge in [0.25, 0.3) is 0 Å². The lowest BCUT2D eigenvalue weighted by molar-refractivity contribution is 0.478. The van der Waals surface area contributed by atoms with Crippen LogP contribution in [-0.4, -0.2) is 15.7 Å². The number of nitrogens with zero attached hydrogens (tertiary/aromatic N) is 3. The van der Waals surface area contributed by atoms with Crippen molar-refractivity contribution < 1.29 is 0 Å². The van der Waals surface area contributed by atoms with Gasteiger partial charge in [0.05, 0.1) is 11.2 Å². The molecule has 0 saturated carbocycles. The Morgan fingerprint density at radius 1 is 1.21 bits per heavy atom. The van der Waals surface area contributed by atoms with Gasteiger partial charge >= 0.3 is 0 Å². The van der Waals surface area contributed by atoms with Gasteiger partial charge < -0.3 is 5.32 Å². The molecule has 0 unspecified atom stereocenters. The van der Waals surface area contributed by atoms with Gasteiger partial charge in [-0.05, 0) is 25.8 Å². The molecule has 0 atom stereocenters. The minimum Gasteiger partial charge on any atom is -0.377 e. The van der Waals surface area contributed by atoms with Gasteiger partial charge in [0.2, 0.25) is 0 Å². The number of rotatable bonds is 4. The monoisotopic (exact) mass is 254 g/mol. The standard InChI is InChI=1S/C15H18N4/c1-4-15(3,5-2)17-14-11-8-6-7-9-12(11)18-19-13(14)10-16/h6-9H,4-5H2,1-3H3,(H,17,18). The summed E-state index contributed by atoms with van der Waals surface area (Å²) < 4.78 is 0. The van der Waals surface area contributed by atoms with Gasteiger partial charge in [-0.25, -0.2) is 0 Å². The number of anilines is 1. The molecule has 1 aromatic carbocycles. The lowest BCUT2D eigenvalue weighted by atomic mass is 9.94. The minimum absolute atomic E-state index is 0.0442. The van der Waals surface area contributed by atoms with Gasteiger partial charge in [-0.1, -0.05) is 32.0 Å². The second-order valence-electron chi connectivity index (χ2n) is 4.95. The van der Waals surface area contributed by atoms with Crippen molar-refractivity contribution in [2.75, 3.05) is 5.32 Å². The molecule has 2 rings (SSSR count). The molecule has 1 heterocycles. The van der Waals surface area contributed by atoms with Crippen molar-refractivity contribution >= 4 is 16.6 Å². The molecule has 0 aliphatic heterocycles. The van der Waals surface area contributed by atoms with E-state index < -0.39 is 0 Å². The average Bonchev–Trinajstić information content (AvgIpc) is 2.47. The number of benzene rings is 1. The quantitative estimate of drug-likeness (QED) is 0.907. The Morgan fingerprint density at radius 2 is 1.89 bits per heavy atom. The summed E-state index contributed by atoms with van der Waals surface area (Å²) in [5.41, 5.74) is 1.90. The van der Waals surface area contributed by atoms with E-state index in [2.05, 4.69) is 42.4 Å². The van der Waals surface area contributed by atoms with E-state index in [-0.39, 0.29) is 5.54 Å². The maximum Gasteiger partial charge on any atom is 0.186 e. The van der Waals surface area contributed by atoms with Crippen molar-refractivity contribution in [1.82, 2.24) is 10.2 Å². The third-order valence-electron chi connectivity index (χ3n) is 3.76. The van der Waals surface area contributed by atoms with Crippen LogP contribution in [0.4, 0.5) is 5.69 Å². The van der Waals surface area contributed by atoms with E-state index >= 15 is 0 Å². The van der Waals surface area contributed by atoms with Gasteiger partial charge in [-0.2, -0.15) is 5.26 Å². The molecule has 4 nitrogen and oxygen atoms in total. The number of hydrogen-bond acceptors (Lipinski definition) is 4. The molecule has 0 saturated heterocycles. The molecule has 2 aromatic rings. The molecule has 98 valence electrons. The third-order valence-corrected chi connectivity index (χ3v) is 3.76. The molecular formula is C15H18N4. The van der Waals surface area contributed by atoms with Gasteiger partial charge in [-0.3, -0.25) is 0 Å². The van der Waals surface area contributed by atoms with E-state index in [0.29, 0.717) is 5.69 Å². The van der Waals surface area contributed by atoms with E-state index in [0.717, 1.165) is 29.4 Å². The van der Waals surface area contributed by atoms with Gasteiger partial charge in [0, 0.05) is 10.9 Å². The van der Waals surface area contributed by atoms with Crippen LogP contribution in [0.3, 0.4) is 0 Å². The summed E-state index contributed by atoms with van der Waals surface area (Å²) in [5.74, 6) is 0. The SMILES string of the molecule is CCC(C)(CC)Nc1c(C#N)nnc2ccccc12. The van der Waals surface area contributed by atoms with Crippen LogP contribution < -0.4 is 5.32 Å². The normalized spacial score (nSPS) is 11.3. The molecular weight excluding hydrogens is 236 g/mol. The zero-order chi connectivity index (χ0) is 13.9. The first kappa shape index (κ1) is 13.3. The highest BCUT2D eigenvalue weighted by Gasteiger charge is 2.22. The van der Waals surface area contributed by atoms with Crippen molar-refractivity contribution in [2.45, 2.75) is 39.2 Å². The lowest BCUT2D eigenvalue weighted by Gasteiger charge is -2.30. The number of hydrogen-bond donors (Lipinski definition) is 1. The van der Waals surface area contributed by atoms with Crippen LogP contribution in [0, 0.1) is 11.3 Å². The van der Waals surface area contributed by atoms with Gasteiger partial charge in [-0.15, -0.1) is 10.2 Å². The Balaban J connectivity index is 2.60. The van der Waals surface area contributed by atoms with Crippen LogP contribution in [0.1, 0.15) is 39.3 Å². The smallest absolute Gasteiger partial charge is 0.186 e. The predicted octanol–water partition coefficient (Wildman–Crippen LogP) is 3.49. The fourth-order valence-corrected chi connectivity index (χ4v) is 1.99. The molecule has 4 heteroatoms. The molecule has 19 heavy (non-hydrogen) atoms. The Bertz CT molecular complexity index is 624. The first-order valence-corrected chi connectivity index (χ1v) is 6.57. The summed E-state index contributed by atoms with van der Waals surface area (Å²) in [5, 5.41) is 21.8. The first-order valence-electron chi connectivity index (χ1n) is 6.57. The molecule has 1 aromatic heterocycles. The van der Waals surface area contributed by atoms with Gasteiger partial charge in [0.1, 0.15) is 6.07 Å². The van der Waals surface area contributed by atoms with Crippen LogP contribution in [0.2, 0.25) is 0 Å². The average molecular weight is 254 g/mol. The summed E-state index contributed by atoms with van der Waals surface area (Å²) in [7, 11) is 0. The molecule has 0 radical (unpaired) electrons. The second-order valence-corrected chi connectivity index (χ2v) is 4.95. The molecule has 0 fully saturated rings. The van der Waals surface area contributed by atoms with Crippen molar-refractivity contribution in [3.05, 3.63) is 30.0 Å². The molecule has 0 spiro atoms. The minimum atomic E-state index is -0.0442. The fraction of sp³-hybridized carbons (Fsp3) is 0.400. The maximum absolute atomic E-state index is 9.23. The lowest BCUT2D eigenvalue weighted by Crippen LogP contribution is -2.33. The Labute approximate surface area is 113 Å². The Kier molecular flexibility index (Phi) is 3.66.